The molecule has 13 heteroatoms. The van der Waals surface area contributed by atoms with E-state index >= 15 is 4.39 Å². The van der Waals surface area contributed by atoms with Crippen LogP contribution in [0.1, 0.15) is 39.1 Å². The molecule has 0 saturated carbocycles. The summed E-state index contributed by atoms with van der Waals surface area (Å²) in [5.74, 6) is 0.0399. The Labute approximate surface area is 244 Å². The van der Waals surface area contributed by atoms with Crippen molar-refractivity contribution >= 4 is 44.4 Å². The molecule has 0 fully saturated rings. The van der Waals surface area contributed by atoms with Gasteiger partial charge >= 0.3 is 6.09 Å². The Kier molecular flexibility index (Phi) is 7.89. The largest absolute Gasteiger partial charge is 0.484 e. The summed E-state index contributed by atoms with van der Waals surface area (Å²) in [6, 6.07) is 6.79. The number of carbonyl (C=O) groups is 1. The molecule has 0 aliphatic carbocycles. The van der Waals surface area contributed by atoms with Gasteiger partial charge in [-0.15, -0.1) is 11.3 Å². The lowest BCUT2D eigenvalue weighted by Crippen LogP contribution is -2.32. The number of rotatable bonds is 8. The third kappa shape index (κ3) is 6.21. The predicted molar refractivity (Wildman–Crippen MR) is 156 cm³/mol. The molecule has 218 valence electrons. The molecule has 2 N–H and O–H groups in total. The molecule has 0 unspecified atom stereocenters. The van der Waals surface area contributed by atoms with E-state index in [-0.39, 0.29) is 17.3 Å². The highest BCUT2D eigenvalue weighted by Crippen LogP contribution is 2.37. The van der Waals surface area contributed by atoms with Crippen LogP contribution in [0.15, 0.2) is 42.9 Å². The summed E-state index contributed by atoms with van der Waals surface area (Å²) in [7, 11) is 1.53. The first-order chi connectivity index (χ1) is 19.9. The number of halogens is 1. The van der Waals surface area contributed by atoms with Gasteiger partial charge in [-0.1, -0.05) is 0 Å². The van der Waals surface area contributed by atoms with E-state index in [0.717, 1.165) is 11.1 Å². The SMILES string of the molecule is COc1cnc2c(-c3nc4cc(F)c(O[C@@H](C)[C@@H](C)OC(=O)Nc5cnc(C(C)(C)O)nc5)cc4s3)cc(C)cc2n1. The summed E-state index contributed by atoms with van der Waals surface area (Å²) in [5, 5.41) is 13.2. The quantitative estimate of drug-likeness (QED) is 0.228. The summed E-state index contributed by atoms with van der Waals surface area (Å²) >= 11 is 1.38. The highest BCUT2D eigenvalue weighted by molar-refractivity contribution is 7.21. The van der Waals surface area contributed by atoms with E-state index in [0.29, 0.717) is 32.1 Å². The second-order valence-corrected chi connectivity index (χ2v) is 11.3. The number of hydrogen-bond acceptors (Lipinski definition) is 11. The van der Waals surface area contributed by atoms with Gasteiger partial charge in [0.05, 0.1) is 52.6 Å². The van der Waals surface area contributed by atoms with Crippen molar-refractivity contribution in [1.29, 1.82) is 0 Å². The Hall–Kier alpha value is -4.49. The highest BCUT2D eigenvalue weighted by atomic mass is 32.1. The number of amides is 1. The Morgan fingerprint density at radius 1 is 1.02 bits per heavy atom. The first-order valence-corrected chi connectivity index (χ1v) is 13.8. The van der Waals surface area contributed by atoms with Crippen LogP contribution in [0.3, 0.4) is 0 Å². The van der Waals surface area contributed by atoms with Crippen molar-refractivity contribution in [1.82, 2.24) is 24.9 Å². The topological polar surface area (TPSA) is 141 Å². The normalized spacial score (nSPS) is 13.1. The number of aromatic nitrogens is 5. The van der Waals surface area contributed by atoms with E-state index in [1.807, 2.05) is 19.1 Å². The van der Waals surface area contributed by atoms with Crippen molar-refractivity contribution in [3.05, 3.63) is 60.1 Å². The Balaban J connectivity index is 1.30. The lowest BCUT2D eigenvalue weighted by atomic mass is 10.1. The van der Waals surface area contributed by atoms with Crippen molar-refractivity contribution in [2.75, 3.05) is 12.4 Å². The van der Waals surface area contributed by atoms with Crippen LogP contribution in [0.4, 0.5) is 14.9 Å². The van der Waals surface area contributed by atoms with E-state index < -0.39 is 29.7 Å². The fraction of sp³-hybridized carbons (Fsp3) is 0.310. The van der Waals surface area contributed by atoms with Gasteiger partial charge < -0.3 is 19.3 Å². The monoisotopic (exact) mass is 592 g/mol. The number of nitrogens with one attached hydrogen (secondary N) is 1. The number of aryl methyl sites for hydroxylation is 1. The molecule has 0 aliphatic heterocycles. The molecule has 0 radical (unpaired) electrons. The fourth-order valence-electron chi connectivity index (χ4n) is 4.06. The van der Waals surface area contributed by atoms with Crippen molar-refractivity contribution in [2.24, 2.45) is 0 Å². The number of nitrogens with zero attached hydrogens (tertiary/aromatic N) is 5. The molecule has 1 amide bonds. The average Bonchev–Trinajstić information content (AvgIpc) is 3.34. The van der Waals surface area contributed by atoms with Crippen LogP contribution in [-0.4, -0.2) is 55.4 Å². The van der Waals surface area contributed by atoms with Gasteiger partial charge in [0.15, 0.2) is 17.4 Å². The first kappa shape index (κ1) is 29.0. The summed E-state index contributed by atoms with van der Waals surface area (Å²) in [6.45, 7) is 8.38. The zero-order valence-electron chi connectivity index (χ0n) is 23.8. The molecule has 0 aliphatic rings. The number of anilines is 1. The smallest absolute Gasteiger partial charge is 0.412 e. The van der Waals surface area contributed by atoms with Gasteiger partial charge in [-0.05, 0) is 52.3 Å². The third-order valence-electron chi connectivity index (χ3n) is 6.36. The second-order valence-electron chi connectivity index (χ2n) is 10.3. The molecule has 2 atom stereocenters. The molecule has 3 heterocycles. The minimum atomic E-state index is -1.21. The maximum Gasteiger partial charge on any atom is 0.412 e. The Morgan fingerprint density at radius 3 is 2.45 bits per heavy atom. The molecule has 0 saturated heterocycles. The Morgan fingerprint density at radius 2 is 1.76 bits per heavy atom. The molecule has 2 aromatic carbocycles. The van der Waals surface area contributed by atoms with Crippen LogP contribution in [0.2, 0.25) is 0 Å². The van der Waals surface area contributed by atoms with E-state index in [9.17, 15) is 9.90 Å². The van der Waals surface area contributed by atoms with Crippen LogP contribution in [0, 0.1) is 12.7 Å². The maximum atomic E-state index is 15.1. The van der Waals surface area contributed by atoms with E-state index in [4.69, 9.17) is 14.2 Å². The predicted octanol–water partition coefficient (Wildman–Crippen LogP) is 5.78. The number of methoxy groups -OCH3 is 1. The summed E-state index contributed by atoms with van der Waals surface area (Å²) in [5.41, 5.74) is 2.64. The van der Waals surface area contributed by atoms with Gasteiger partial charge in [-0.2, -0.15) is 0 Å². The van der Waals surface area contributed by atoms with Gasteiger partial charge in [-0.3, -0.25) is 5.32 Å². The first-order valence-electron chi connectivity index (χ1n) is 13.0. The Bertz CT molecular complexity index is 1770. The molecule has 0 bridgehead atoms. The van der Waals surface area contributed by atoms with E-state index in [1.54, 1.807) is 40.0 Å². The zero-order chi connectivity index (χ0) is 30.2. The van der Waals surface area contributed by atoms with Crippen LogP contribution in [0.25, 0.3) is 31.8 Å². The minimum absolute atomic E-state index is 0.00953. The second kappa shape index (κ2) is 11.4. The van der Waals surface area contributed by atoms with Gasteiger partial charge in [-0.25, -0.2) is 34.1 Å². The molecule has 5 rings (SSSR count). The minimum Gasteiger partial charge on any atom is -0.484 e. The molecule has 5 aromatic rings. The van der Waals surface area contributed by atoms with Gasteiger partial charge in [0, 0.05) is 17.7 Å². The van der Waals surface area contributed by atoms with E-state index in [2.05, 4.69) is 30.2 Å². The van der Waals surface area contributed by atoms with Crippen molar-refractivity contribution < 1.29 is 28.5 Å². The van der Waals surface area contributed by atoms with Crippen molar-refractivity contribution in [3.8, 4) is 22.2 Å². The average molecular weight is 593 g/mol. The van der Waals surface area contributed by atoms with Crippen LogP contribution >= 0.6 is 11.3 Å². The summed E-state index contributed by atoms with van der Waals surface area (Å²) in [4.78, 5) is 34.1. The third-order valence-corrected chi connectivity index (χ3v) is 7.41. The maximum absolute atomic E-state index is 15.1. The summed E-state index contributed by atoms with van der Waals surface area (Å²) < 4.78 is 32.3. The number of aliphatic hydroxyl groups is 1. The number of ether oxygens (including phenoxy) is 3. The van der Waals surface area contributed by atoms with Crippen LogP contribution in [0.5, 0.6) is 11.6 Å². The highest BCUT2D eigenvalue weighted by Gasteiger charge is 2.23. The molecular formula is C29H29FN6O5S. The van der Waals surface area contributed by atoms with Gasteiger partial charge in [0.25, 0.3) is 0 Å². The van der Waals surface area contributed by atoms with Crippen molar-refractivity contribution in [3.63, 3.8) is 0 Å². The lowest BCUT2D eigenvalue weighted by molar-refractivity contribution is 0.0402. The van der Waals surface area contributed by atoms with Gasteiger partial charge in [0.2, 0.25) is 5.88 Å². The standard InChI is InChI=1S/C29H29FN6O5S/c1-14-7-18(25-21(8-14)35-24(39-6)13-31-25)26-36-20-9-19(30)22(10-23(20)42-26)40-15(2)16(3)41-28(37)34-17-11-32-27(33-12-17)29(4,5)38/h7-13,15-16,38H,1-6H3,(H,34,37)/t15-,16+/m0/s1. The molecular weight excluding hydrogens is 563 g/mol. The molecule has 42 heavy (non-hydrogen) atoms. The number of hydrogen-bond donors (Lipinski definition) is 2. The summed E-state index contributed by atoms with van der Waals surface area (Å²) in [6.07, 6.45) is 2.10. The number of thiazole rings is 1. The van der Waals surface area contributed by atoms with Gasteiger partial charge in [0.1, 0.15) is 22.8 Å². The van der Waals surface area contributed by atoms with E-state index in [1.165, 1.54) is 36.9 Å². The number of benzene rings is 2. The lowest BCUT2D eigenvalue weighted by Gasteiger charge is -2.22. The molecule has 3 aromatic heterocycles. The van der Waals surface area contributed by atoms with Crippen LogP contribution in [-0.2, 0) is 10.3 Å². The zero-order valence-corrected chi connectivity index (χ0v) is 24.6. The van der Waals surface area contributed by atoms with Crippen molar-refractivity contribution in [2.45, 2.75) is 52.4 Å². The molecule has 11 nitrogen and oxygen atoms in total. The molecule has 0 spiro atoms. The van der Waals surface area contributed by atoms with Crippen LogP contribution < -0.4 is 14.8 Å². The number of carbonyl (C=O) groups excluding carboxylic acids is 1. The number of fused-ring (bicyclic) bond motifs is 2. The fourth-order valence-corrected chi connectivity index (χ4v) is 5.05.